The Kier molecular flexibility index (Phi) is 8.50. The molecule has 204 valence electrons. The van der Waals surface area contributed by atoms with Gasteiger partial charge in [-0.2, -0.15) is 13.2 Å². The molecule has 3 aromatic rings. The average Bonchev–Trinajstić information content (AvgIpc) is 3.72. The van der Waals surface area contributed by atoms with E-state index in [1.807, 2.05) is 29.2 Å². The number of hydrogen-bond acceptors (Lipinski definition) is 5. The molecule has 38 heavy (non-hydrogen) atoms. The number of fused-ring (bicyclic) bond motifs is 1. The van der Waals surface area contributed by atoms with Gasteiger partial charge < -0.3 is 19.9 Å². The highest BCUT2D eigenvalue weighted by atomic mass is 35.5. The van der Waals surface area contributed by atoms with Crippen LogP contribution in [0.4, 0.5) is 29.5 Å². The Morgan fingerprint density at radius 2 is 1.74 bits per heavy atom. The van der Waals surface area contributed by atoms with Crippen LogP contribution in [-0.4, -0.2) is 54.2 Å². The van der Waals surface area contributed by atoms with Gasteiger partial charge in [0.2, 0.25) is 0 Å². The molecule has 2 amide bonds. The number of piperidine rings is 1. The van der Waals surface area contributed by atoms with Gasteiger partial charge in [-0.05, 0) is 67.9 Å². The number of aromatic nitrogens is 2. The molecule has 2 aromatic heterocycles. The van der Waals surface area contributed by atoms with Crippen molar-refractivity contribution in [1.82, 2.24) is 14.9 Å². The molecule has 1 N–H and O–H groups in total. The lowest BCUT2D eigenvalue weighted by Gasteiger charge is -2.36. The van der Waals surface area contributed by atoms with Crippen LogP contribution in [0.25, 0.3) is 10.9 Å². The van der Waals surface area contributed by atoms with Gasteiger partial charge >= 0.3 is 12.2 Å². The van der Waals surface area contributed by atoms with Gasteiger partial charge in [0, 0.05) is 37.8 Å². The molecule has 3 heterocycles. The first-order chi connectivity index (χ1) is 17.8. The zero-order chi connectivity index (χ0) is 26.0. The van der Waals surface area contributed by atoms with Crippen molar-refractivity contribution in [3.05, 3.63) is 54.4 Å². The predicted molar refractivity (Wildman–Crippen MR) is 143 cm³/mol. The van der Waals surface area contributed by atoms with Gasteiger partial charge in [0.15, 0.2) is 0 Å². The number of amides is 2. The van der Waals surface area contributed by atoms with Crippen LogP contribution in [0.15, 0.2) is 48.7 Å². The number of para-hydroxylation sites is 2. The summed E-state index contributed by atoms with van der Waals surface area (Å²) >= 11 is 0. The number of carbonyl (C=O) groups is 1. The number of nitrogens with one attached hydrogen (secondary N) is 1. The van der Waals surface area contributed by atoms with Gasteiger partial charge in [-0.15, -0.1) is 12.4 Å². The molecule has 1 aromatic carbocycles. The van der Waals surface area contributed by atoms with Crippen molar-refractivity contribution in [2.24, 2.45) is 11.8 Å². The van der Waals surface area contributed by atoms with Gasteiger partial charge in [-0.1, -0.05) is 12.1 Å². The molecule has 1 aliphatic carbocycles. The van der Waals surface area contributed by atoms with Crippen molar-refractivity contribution in [2.75, 3.05) is 43.5 Å². The van der Waals surface area contributed by atoms with Gasteiger partial charge in [0.1, 0.15) is 17.3 Å². The lowest BCUT2D eigenvalue weighted by Crippen LogP contribution is -2.43. The predicted octanol–water partition coefficient (Wildman–Crippen LogP) is 6.24. The molecule has 1 saturated heterocycles. The van der Waals surface area contributed by atoms with Gasteiger partial charge in [0.25, 0.3) is 0 Å². The zero-order valence-corrected chi connectivity index (χ0v) is 21.9. The van der Waals surface area contributed by atoms with Crippen LogP contribution in [-0.2, 0) is 6.18 Å². The molecule has 0 bridgehead atoms. The maximum Gasteiger partial charge on any atom is 0.433 e. The summed E-state index contributed by atoms with van der Waals surface area (Å²) in [6, 6.07) is 11.2. The SMILES string of the molecule is COc1ccccc1NC(=O)N(CC1CC1)CC1CCN(c2nccc3nc(C(F)(F)F)ccc23)CC1.Cl. The third-order valence-corrected chi connectivity index (χ3v) is 7.09. The summed E-state index contributed by atoms with van der Waals surface area (Å²) in [5.41, 5.74) is 0.0264. The van der Waals surface area contributed by atoms with Gasteiger partial charge in [-0.25, -0.2) is 14.8 Å². The molecule has 2 fully saturated rings. The second-order valence-electron chi connectivity index (χ2n) is 9.80. The van der Waals surface area contributed by atoms with Crippen LogP contribution in [0.3, 0.4) is 0 Å². The number of alkyl halides is 3. The van der Waals surface area contributed by atoms with E-state index >= 15 is 0 Å². The number of pyridine rings is 2. The monoisotopic (exact) mass is 549 g/mol. The molecular formula is C27H31ClF3N5O2. The molecule has 0 radical (unpaired) electrons. The number of anilines is 2. The second kappa shape index (κ2) is 11.6. The quantitative estimate of drug-likeness (QED) is 0.378. The second-order valence-corrected chi connectivity index (χ2v) is 9.80. The minimum atomic E-state index is -4.49. The van der Waals surface area contributed by atoms with Crippen LogP contribution in [0.5, 0.6) is 5.75 Å². The Morgan fingerprint density at radius 3 is 2.39 bits per heavy atom. The number of hydrogen-bond donors (Lipinski definition) is 1. The molecule has 0 atom stereocenters. The number of urea groups is 1. The van der Waals surface area contributed by atoms with Crippen molar-refractivity contribution >= 4 is 40.8 Å². The number of carbonyl (C=O) groups excluding carboxylic acids is 1. The first kappa shape index (κ1) is 27.8. The van der Waals surface area contributed by atoms with Crippen molar-refractivity contribution in [3.63, 3.8) is 0 Å². The molecule has 7 nitrogen and oxygen atoms in total. The summed E-state index contributed by atoms with van der Waals surface area (Å²) in [5, 5.41) is 3.62. The van der Waals surface area contributed by atoms with Crippen LogP contribution >= 0.6 is 12.4 Å². The topological polar surface area (TPSA) is 70.6 Å². The van der Waals surface area contributed by atoms with E-state index in [4.69, 9.17) is 4.74 Å². The fourth-order valence-electron chi connectivity index (χ4n) is 4.88. The van der Waals surface area contributed by atoms with E-state index in [-0.39, 0.29) is 24.0 Å². The highest BCUT2D eigenvalue weighted by Crippen LogP contribution is 2.34. The van der Waals surface area contributed by atoms with Crippen molar-refractivity contribution < 1.29 is 22.7 Å². The normalized spacial score (nSPS) is 16.2. The molecular weight excluding hydrogens is 519 g/mol. The van der Waals surface area contributed by atoms with Crippen LogP contribution in [0.1, 0.15) is 31.4 Å². The minimum absolute atomic E-state index is 0. The number of halogens is 4. The molecule has 2 aliphatic rings. The number of methoxy groups -OCH3 is 1. The number of benzene rings is 1. The summed E-state index contributed by atoms with van der Waals surface area (Å²) in [6.45, 7) is 2.82. The fraction of sp³-hybridized carbons (Fsp3) is 0.444. The van der Waals surface area contributed by atoms with E-state index in [2.05, 4.69) is 20.2 Å². The van der Waals surface area contributed by atoms with Gasteiger partial charge in [-0.3, -0.25) is 0 Å². The van der Waals surface area contributed by atoms with Crippen molar-refractivity contribution in [3.8, 4) is 5.75 Å². The van der Waals surface area contributed by atoms with E-state index in [9.17, 15) is 18.0 Å². The molecule has 5 rings (SSSR count). The van der Waals surface area contributed by atoms with E-state index in [1.165, 1.54) is 18.3 Å². The first-order valence-electron chi connectivity index (χ1n) is 12.6. The first-order valence-corrected chi connectivity index (χ1v) is 12.6. The lowest BCUT2D eigenvalue weighted by molar-refractivity contribution is -0.140. The molecule has 0 spiro atoms. The van der Waals surface area contributed by atoms with Crippen molar-refractivity contribution in [1.29, 1.82) is 0 Å². The third kappa shape index (κ3) is 6.40. The van der Waals surface area contributed by atoms with E-state index in [1.54, 1.807) is 7.11 Å². The standard InChI is InChI=1S/C27H30F3N5O2.ClH/c1-37-23-5-3-2-4-22(23)33-26(36)35(16-18-6-7-18)17-19-11-14-34(15-12-19)25-20-8-9-24(27(28,29)30)32-21(20)10-13-31-25;/h2-5,8-10,13,18-19H,6-7,11-12,14-17H2,1H3,(H,33,36);1H. The summed E-state index contributed by atoms with van der Waals surface area (Å²) in [7, 11) is 1.58. The number of nitrogens with zero attached hydrogens (tertiary/aromatic N) is 4. The summed E-state index contributed by atoms with van der Waals surface area (Å²) in [4.78, 5) is 25.5. The van der Waals surface area contributed by atoms with Crippen LogP contribution in [0, 0.1) is 11.8 Å². The van der Waals surface area contributed by atoms with E-state index in [0.29, 0.717) is 54.1 Å². The maximum absolute atomic E-state index is 13.2. The minimum Gasteiger partial charge on any atom is -0.495 e. The highest BCUT2D eigenvalue weighted by Gasteiger charge is 2.33. The zero-order valence-electron chi connectivity index (χ0n) is 21.1. The fourth-order valence-corrected chi connectivity index (χ4v) is 4.88. The maximum atomic E-state index is 13.2. The average molecular weight is 550 g/mol. The summed E-state index contributed by atoms with van der Waals surface area (Å²) in [5.74, 6) is 2.15. The van der Waals surface area contributed by atoms with E-state index in [0.717, 1.165) is 38.3 Å². The summed E-state index contributed by atoms with van der Waals surface area (Å²) in [6.07, 6.45) is 1.03. The number of rotatable bonds is 7. The van der Waals surface area contributed by atoms with Gasteiger partial charge in [0.05, 0.1) is 18.3 Å². The Labute approximate surface area is 225 Å². The smallest absolute Gasteiger partial charge is 0.433 e. The Morgan fingerprint density at radius 1 is 1.05 bits per heavy atom. The Bertz CT molecular complexity index is 1260. The third-order valence-electron chi connectivity index (χ3n) is 7.09. The molecule has 11 heteroatoms. The Hall–Kier alpha value is -3.27. The van der Waals surface area contributed by atoms with E-state index < -0.39 is 11.9 Å². The number of ether oxygens (including phenoxy) is 1. The summed E-state index contributed by atoms with van der Waals surface area (Å²) < 4.78 is 44.6. The Balaban J connectivity index is 0.00000336. The van der Waals surface area contributed by atoms with Crippen LogP contribution in [0.2, 0.25) is 0 Å². The lowest BCUT2D eigenvalue weighted by atomic mass is 9.95. The van der Waals surface area contributed by atoms with Crippen LogP contribution < -0.4 is 15.0 Å². The molecule has 1 aliphatic heterocycles. The largest absolute Gasteiger partial charge is 0.495 e. The molecule has 1 saturated carbocycles. The molecule has 0 unspecified atom stereocenters. The highest BCUT2D eigenvalue weighted by molar-refractivity contribution is 5.91. The van der Waals surface area contributed by atoms with Crippen molar-refractivity contribution in [2.45, 2.75) is 31.9 Å².